The summed E-state index contributed by atoms with van der Waals surface area (Å²) in [5.41, 5.74) is 0.999. The van der Waals surface area contributed by atoms with Gasteiger partial charge < -0.3 is 15.2 Å². The number of carboxylic acids is 1. The lowest BCUT2D eigenvalue weighted by Crippen LogP contribution is -2.38. The van der Waals surface area contributed by atoms with Gasteiger partial charge in [0.25, 0.3) is 0 Å². The summed E-state index contributed by atoms with van der Waals surface area (Å²) in [5.74, 6) is -1.43. The number of hydrogen-bond donors (Lipinski definition) is 2. The SMILES string of the molecule is C=CC(CC(=O)NCC(OC)C(=O)O)c1ccccc1. The molecular formula is C15H19NO4. The zero-order valence-electron chi connectivity index (χ0n) is 11.4. The second kappa shape index (κ2) is 8.12. The van der Waals surface area contributed by atoms with Crippen LogP contribution in [0.25, 0.3) is 0 Å². The Morgan fingerprint density at radius 3 is 2.55 bits per heavy atom. The third-order valence-corrected chi connectivity index (χ3v) is 2.96. The van der Waals surface area contributed by atoms with Crippen molar-refractivity contribution >= 4 is 11.9 Å². The molecule has 2 unspecified atom stereocenters. The van der Waals surface area contributed by atoms with Gasteiger partial charge in [0.05, 0.1) is 6.54 Å². The zero-order valence-corrected chi connectivity index (χ0v) is 11.4. The van der Waals surface area contributed by atoms with Crippen molar-refractivity contribution in [1.82, 2.24) is 5.32 Å². The van der Waals surface area contributed by atoms with Crippen LogP contribution in [0.15, 0.2) is 43.0 Å². The molecule has 0 aliphatic rings. The molecule has 0 aromatic heterocycles. The molecule has 0 bridgehead atoms. The fourth-order valence-corrected chi connectivity index (χ4v) is 1.79. The van der Waals surface area contributed by atoms with E-state index < -0.39 is 12.1 Å². The highest BCUT2D eigenvalue weighted by Crippen LogP contribution is 2.20. The summed E-state index contributed by atoms with van der Waals surface area (Å²) < 4.78 is 4.74. The van der Waals surface area contributed by atoms with Crippen LogP contribution >= 0.6 is 0 Å². The fourth-order valence-electron chi connectivity index (χ4n) is 1.79. The molecule has 2 N–H and O–H groups in total. The highest BCUT2D eigenvalue weighted by Gasteiger charge is 2.18. The third-order valence-electron chi connectivity index (χ3n) is 2.96. The maximum absolute atomic E-state index is 11.8. The van der Waals surface area contributed by atoms with Crippen LogP contribution < -0.4 is 5.32 Å². The van der Waals surface area contributed by atoms with E-state index in [1.807, 2.05) is 30.3 Å². The molecule has 1 rings (SSSR count). The first-order chi connectivity index (χ1) is 9.58. The van der Waals surface area contributed by atoms with Gasteiger partial charge >= 0.3 is 5.97 Å². The van der Waals surface area contributed by atoms with Gasteiger partial charge in [0.15, 0.2) is 6.10 Å². The lowest BCUT2D eigenvalue weighted by molar-refractivity contribution is -0.148. The van der Waals surface area contributed by atoms with E-state index in [1.165, 1.54) is 7.11 Å². The van der Waals surface area contributed by atoms with Gasteiger partial charge in [-0.25, -0.2) is 4.79 Å². The average Bonchev–Trinajstić information content (AvgIpc) is 2.46. The highest BCUT2D eigenvalue weighted by molar-refractivity contribution is 5.79. The molecule has 0 saturated carbocycles. The molecule has 0 aliphatic carbocycles. The maximum Gasteiger partial charge on any atom is 0.334 e. The van der Waals surface area contributed by atoms with Crippen LogP contribution in [0.2, 0.25) is 0 Å². The minimum atomic E-state index is -1.10. The minimum absolute atomic E-state index is 0.0523. The van der Waals surface area contributed by atoms with Gasteiger partial charge in [-0.05, 0) is 5.56 Å². The number of benzene rings is 1. The normalized spacial score (nSPS) is 13.2. The standard InChI is InChI=1S/C15H19NO4/c1-3-11(12-7-5-4-6-8-12)9-14(17)16-10-13(20-2)15(18)19/h3-8,11,13H,1,9-10H2,2H3,(H,16,17)(H,18,19). The number of carbonyl (C=O) groups excluding carboxylic acids is 1. The van der Waals surface area contributed by atoms with E-state index in [9.17, 15) is 9.59 Å². The van der Waals surface area contributed by atoms with Gasteiger partial charge in [-0.2, -0.15) is 0 Å². The van der Waals surface area contributed by atoms with Crippen LogP contribution in [0.3, 0.4) is 0 Å². The van der Waals surface area contributed by atoms with Crippen LogP contribution in [-0.2, 0) is 14.3 Å². The molecule has 0 radical (unpaired) electrons. The topological polar surface area (TPSA) is 75.6 Å². The van der Waals surface area contributed by atoms with Gasteiger partial charge in [0.1, 0.15) is 0 Å². The number of nitrogens with one attached hydrogen (secondary N) is 1. The van der Waals surface area contributed by atoms with E-state index in [-0.39, 0.29) is 24.8 Å². The molecule has 0 fully saturated rings. The van der Waals surface area contributed by atoms with Crippen LogP contribution in [0.4, 0.5) is 0 Å². The van der Waals surface area contributed by atoms with Crippen molar-refractivity contribution in [3.63, 3.8) is 0 Å². The van der Waals surface area contributed by atoms with E-state index in [4.69, 9.17) is 9.84 Å². The Morgan fingerprint density at radius 1 is 1.40 bits per heavy atom. The lowest BCUT2D eigenvalue weighted by atomic mass is 9.95. The van der Waals surface area contributed by atoms with E-state index >= 15 is 0 Å². The molecular weight excluding hydrogens is 258 g/mol. The minimum Gasteiger partial charge on any atom is -0.479 e. The van der Waals surface area contributed by atoms with Crippen LogP contribution in [0, 0.1) is 0 Å². The average molecular weight is 277 g/mol. The molecule has 0 saturated heterocycles. The molecule has 0 aliphatic heterocycles. The van der Waals surface area contributed by atoms with E-state index in [0.29, 0.717) is 0 Å². The first-order valence-electron chi connectivity index (χ1n) is 6.28. The number of hydrogen-bond acceptors (Lipinski definition) is 3. The number of methoxy groups -OCH3 is 1. The Morgan fingerprint density at radius 2 is 2.05 bits per heavy atom. The summed E-state index contributed by atoms with van der Waals surface area (Å²) in [5, 5.41) is 11.4. The molecule has 20 heavy (non-hydrogen) atoms. The van der Waals surface area contributed by atoms with Gasteiger partial charge in [-0.15, -0.1) is 6.58 Å². The van der Waals surface area contributed by atoms with Gasteiger partial charge in [0, 0.05) is 19.4 Å². The Labute approximate surface area is 118 Å². The largest absolute Gasteiger partial charge is 0.479 e. The Balaban J connectivity index is 2.52. The number of rotatable bonds is 8. The smallest absolute Gasteiger partial charge is 0.334 e. The zero-order chi connectivity index (χ0) is 15.0. The predicted molar refractivity (Wildman–Crippen MR) is 75.4 cm³/mol. The van der Waals surface area contributed by atoms with E-state index in [1.54, 1.807) is 6.08 Å². The molecule has 5 nitrogen and oxygen atoms in total. The Hall–Kier alpha value is -2.14. The highest BCUT2D eigenvalue weighted by atomic mass is 16.5. The summed E-state index contributed by atoms with van der Waals surface area (Å²) in [6.07, 6.45) is 0.904. The molecule has 1 aromatic rings. The van der Waals surface area contributed by atoms with Gasteiger partial charge in [-0.3, -0.25) is 4.79 Å². The quantitative estimate of drug-likeness (QED) is 0.707. The molecule has 5 heteroatoms. The van der Waals surface area contributed by atoms with Crippen LogP contribution in [0.1, 0.15) is 17.9 Å². The molecule has 0 spiro atoms. The van der Waals surface area contributed by atoms with Crippen molar-refractivity contribution in [2.24, 2.45) is 0 Å². The van der Waals surface area contributed by atoms with Crippen LogP contribution in [0.5, 0.6) is 0 Å². The summed E-state index contributed by atoms with van der Waals surface area (Å²) >= 11 is 0. The van der Waals surface area contributed by atoms with Gasteiger partial charge in [-0.1, -0.05) is 36.4 Å². The maximum atomic E-state index is 11.8. The van der Waals surface area contributed by atoms with Crippen molar-refractivity contribution in [3.8, 4) is 0 Å². The van der Waals surface area contributed by atoms with Crippen molar-refractivity contribution in [2.75, 3.05) is 13.7 Å². The summed E-state index contributed by atoms with van der Waals surface area (Å²) in [4.78, 5) is 22.6. The van der Waals surface area contributed by atoms with Crippen molar-refractivity contribution in [3.05, 3.63) is 48.6 Å². The Kier molecular flexibility index (Phi) is 6.46. The number of carboxylic acid groups (broad SMARTS) is 1. The second-order valence-corrected chi connectivity index (χ2v) is 4.32. The third kappa shape index (κ3) is 4.85. The summed E-state index contributed by atoms with van der Waals surface area (Å²) in [6.45, 7) is 3.68. The monoisotopic (exact) mass is 277 g/mol. The number of ether oxygens (including phenoxy) is 1. The summed E-state index contributed by atoms with van der Waals surface area (Å²) in [6, 6.07) is 9.55. The molecule has 2 atom stereocenters. The number of aliphatic carboxylic acids is 1. The lowest BCUT2D eigenvalue weighted by Gasteiger charge is -2.15. The number of allylic oxidation sites excluding steroid dienone is 1. The molecule has 1 aromatic carbocycles. The Bertz CT molecular complexity index is 458. The van der Waals surface area contributed by atoms with Crippen molar-refractivity contribution in [1.29, 1.82) is 0 Å². The fraction of sp³-hybridized carbons (Fsp3) is 0.333. The molecule has 1 amide bonds. The van der Waals surface area contributed by atoms with Crippen LogP contribution in [-0.4, -0.2) is 36.7 Å². The van der Waals surface area contributed by atoms with Crippen molar-refractivity contribution < 1.29 is 19.4 Å². The number of amides is 1. The van der Waals surface area contributed by atoms with Crippen molar-refractivity contribution in [2.45, 2.75) is 18.4 Å². The van der Waals surface area contributed by atoms with E-state index in [0.717, 1.165) is 5.56 Å². The molecule has 0 heterocycles. The first kappa shape index (κ1) is 15.9. The van der Waals surface area contributed by atoms with Gasteiger partial charge in [0.2, 0.25) is 5.91 Å². The predicted octanol–water partition coefficient (Wildman–Crippen LogP) is 1.56. The second-order valence-electron chi connectivity index (χ2n) is 4.32. The van der Waals surface area contributed by atoms with E-state index in [2.05, 4.69) is 11.9 Å². The first-order valence-corrected chi connectivity index (χ1v) is 6.28. The molecule has 108 valence electrons. The number of carbonyl (C=O) groups is 2. The summed E-state index contributed by atoms with van der Waals surface area (Å²) in [7, 11) is 1.29.